The van der Waals surface area contributed by atoms with Gasteiger partial charge in [-0.2, -0.15) is 23.0 Å². The minimum Gasteiger partial charge on any atom is -0.412 e. The minimum absolute atomic E-state index is 0. The van der Waals surface area contributed by atoms with E-state index in [-0.39, 0.29) is 17.9 Å². The summed E-state index contributed by atoms with van der Waals surface area (Å²) in [4.78, 5) is 3.16. The maximum atomic E-state index is 9.14. The average molecular weight is 381 g/mol. The first kappa shape index (κ1) is 21.8. The standard InChI is InChI=1S/C16H18N6.CH4S.2H2O.H2/c1-11-7-22(16(4-5-17)9-18-10-16)8-13(11)14-12-3-6-19-15(12)20-21(14)2;1-2;;;/h3,6-8,18H,4,9-10H2,1-2H3,(H,19,20);2H,1H3;2*1H2;1H. The lowest BCUT2D eigenvalue weighted by molar-refractivity contribution is 0.180. The number of thiol groups is 1. The highest BCUT2D eigenvalue weighted by Gasteiger charge is 2.38. The van der Waals surface area contributed by atoms with Crippen LogP contribution in [0.2, 0.25) is 0 Å². The number of rotatable bonds is 3. The Bertz CT molecular complexity index is 906. The molecule has 0 bridgehead atoms. The summed E-state index contributed by atoms with van der Waals surface area (Å²) >= 11 is 3.53. The summed E-state index contributed by atoms with van der Waals surface area (Å²) in [7, 11) is 1.97. The first-order valence-electron chi connectivity index (χ1n) is 7.86. The lowest BCUT2D eigenvalue weighted by Gasteiger charge is -2.42. The van der Waals surface area contributed by atoms with Gasteiger partial charge in [0.15, 0.2) is 5.65 Å². The van der Waals surface area contributed by atoms with Gasteiger partial charge >= 0.3 is 0 Å². The third-order valence-electron chi connectivity index (χ3n) is 4.70. The monoisotopic (exact) mass is 380 g/mol. The molecule has 3 aromatic rings. The summed E-state index contributed by atoms with van der Waals surface area (Å²) in [5, 5.41) is 18.1. The van der Waals surface area contributed by atoms with Crippen LogP contribution in [-0.4, -0.2) is 49.6 Å². The number of hydrogen-bond acceptors (Lipinski definition) is 4. The van der Waals surface area contributed by atoms with Crippen molar-refractivity contribution >= 4 is 23.7 Å². The zero-order chi connectivity index (χ0) is 17.3. The fraction of sp³-hybridized carbons (Fsp3) is 0.412. The van der Waals surface area contributed by atoms with E-state index in [9.17, 15) is 0 Å². The molecular formula is C17H28N6O2S. The number of nitrogens with one attached hydrogen (secondary N) is 2. The van der Waals surface area contributed by atoms with Gasteiger partial charge in [0.25, 0.3) is 0 Å². The van der Waals surface area contributed by atoms with E-state index in [4.69, 9.17) is 5.26 Å². The van der Waals surface area contributed by atoms with E-state index in [1.807, 2.05) is 17.9 Å². The van der Waals surface area contributed by atoms with Gasteiger partial charge in [-0.1, -0.05) is 0 Å². The summed E-state index contributed by atoms with van der Waals surface area (Å²) in [5.41, 5.74) is 4.30. The number of H-pyrrole nitrogens is 1. The van der Waals surface area contributed by atoms with E-state index >= 15 is 0 Å². The van der Waals surface area contributed by atoms with Gasteiger partial charge in [0.05, 0.1) is 23.7 Å². The molecule has 0 aliphatic carbocycles. The molecule has 3 aromatic heterocycles. The Hall–Kier alpha value is -2.25. The maximum absolute atomic E-state index is 9.14. The molecule has 0 amide bonds. The number of aromatic amines is 1. The summed E-state index contributed by atoms with van der Waals surface area (Å²) in [6.45, 7) is 3.81. The average Bonchev–Trinajstić information content (AvgIpc) is 3.20. The van der Waals surface area contributed by atoms with Crippen molar-refractivity contribution < 1.29 is 12.4 Å². The lowest BCUT2D eigenvalue weighted by Crippen LogP contribution is -2.60. The van der Waals surface area contributed by atoms with Crippen molar-refractivity contribution in [3.8, 4) is 17.3 Å². The van der Waals surface area contributed by atoms with E-state index < -0.39 is 0 Å². The van der Waals surface area contributed by atoms with E-state index in [0.717, 1.165) is 29.8 Å². The predicted octanol–water partition coefficient (Wildman–Crippen LogP) is 1.03. The molecule has 0 atom stereocenters. The zero-order valence-electron chi connectivity index (χ0n) is 15.2. The Morgan fingerprint density at radius 3 is 2.62 bits per heavy atom. The lowest BCUT2D eigenvalue weighted by atomic mass is 9.89. The highest BCUT2D eigenvalue weighted by atomic mass is 32.1. The second-order valence-electron chi connectivity index (χ2n) is 6.14. The van der Waals surface area contributed by atoms with E-state index in [1.54, 1.807) is 6.26 Å². The number of hydrogen-bond donors (Lipinski definition) is 3. The maximum Gasteiger partial charge on any atom is 0.159 e. The fourth-order valence-electron chi connectivity index (χ4n) is 3.37. The highest BCUT2D eigenvalue weighted by Crippen LogP contribution is 2.34. The van der Waals surface area contributed by atoms with Crippen LogP contribution in [0.4, 0.5) is 0 Å². The van der Waals surface area contributed by atoms with Gasteiger partial charge in [0.1, 0.15) is 0 Å². The quantitative estimate of drug-likeness (QED) is 0.585. The minimum atomic E-state index is -0.104. The summed E-state index contributed by atoms with van der Waals surface area (Å²) in [6, 6.07) is 4.39. The molecule has 0 aromatic carbocycles. The van der Waals surface area contributed by atoms with Gasteiger partial charge in [-0.05, 0) is 24.8 Å². The first-order chi connectivity index (χ1) is 11.6. The molecule has 8 nitrogen and oxygen atoms in total. The second kappa shape index (κ2) is 8.42. The van der Waals surface area contributed by atoms with Crippen LogP contribution in [0.1, 0.15) is 13.4 Å². The summed E-state index contributed by atoms with van der Waals surface area (Å²) in [6.07, 6.45) is 8.45. The largest absolute Gasteiger partial charge is 0.412 e. The van der Waals surface area contributed by atoms with Crippen LogP contribution in [0.5, 0.6) is 0 Å². The van der Waals surface area contributed by atoms with Crippen LogP contribution in [0.3, 0.4) is 0 Å². The Kier molecular flexibility index (Phi) is 7.06. The SMILES string of the molecule is CS.Cc1cn(C2(CC#N)CNC2)cc1-c1c2cc[nH]c2nn1C.O.O.[HH]. The van der Waals surface area contributed by atoms with Crippen molar-refractivity contribution in [3.63, 3.8) is 0 Å². The Morgan fingerprint density at radius 1 is 1.35 bits per heavy atom. The molecule has 0 spiro atoms. The molecule has 1 saturated heterocycles. The van der Waals surface area contributed by atoms with E-state index in [1.165, 1.54) is 11.1 Å². The van der Waals surface area contributed by atoms with Gasteiger partial charge in [-0.25, -0.2) is 0 Å². The van der Waals surface area contributed by atoms with Crippen molar-refractivity contribution in [2.75, 3.05) is 19.3 Å². The van der Waals surface area contributed by atoms with Crippen molar-refractivity contribution in [1.82, 2.24) is 24.6 Å². The molecule has 4 rings (SSSR count). The van der Waals surface area contributed by atoms with Crippen LogP contribution in [0, 0.1) is 18.3 Å². The Balaban J connectivity index is 0.00000131. The molecule has 6 N–H and O–H groups in total. The number of nitriles is 1. The predicted molar refractivity (Wildman–Crippen MR) is 109 cm³/mol. The molecular weight excluding hydrogens is 352 g/mol. The third-order valence-corrected chi connectivity index (χ3v) is 4.70. The molecule has 1 fully saturated rings. The van der Waals surface area contributed by atoms with Crippen molar-refractivity contribution in [2.45, 2.75) is 18.9 Å². The van der Waals surface area contributed by atoms with Crippen molar-refractivity contribution in [2.24, 2.45) is 7.05 Å². The Labute approximate surface area is 159 Å². The van der Waals surface area contributed by atoms with Crippen LogP contribution in [0.15, 0.2) is 24.7 Å². The molecule has 0 saturated carbocycles. The zero-order valence-corrected chi connectivity index (χ0v) is 16.1. The first-order valence-corrected chi connectivity index (χ1v) is 8.76. The van der Waals surface area contributed by atoms with Crippen LogP contribution < -0.4 is 5.32 Å². The van der Waals surface area contributed by atoms with E-state index in [0.29, 0.717) is 6.42 Å². The third kappa shape index (κ3) is 3.24. The normalized spacial score (nSPS) is 14.3. The molecule has 4 heterocycles. The molecule has 0 radical (unpaired) electrons. The summed E-state index contributed by atoms with van der Waals surface area (Å²) in [5.74, 6) is 0. The molecule has 0 unspecified atom stereocenters. The van der Waals surface area contributed by atoms with Crippen molar-refractivity contribution in [1.29, 1.82) is 5.26 Å². The van der Waals surface area contributed by atoms with E-state index in [2.05, 4.69) is 64.0 Å². The van der Waals surface area contributed by atoms with Gasteiger partial charge in [-0.15, -0.1) is 0 Å². The number of aromatic nitrogens is 4. The number of nitrogens with zero attached hydrogens (tertiary/aromatic N) is 4. The Morgan fingerprint density at radius 2 is 2.04 bits per heavy atom. The van der Waals surface area contributed by atoms with Crippen LogP contribution in [-0.2, 0) is 12.6 Å². The molecule has 144 valence electrons. The fourth-order valence-corrected chi connectivity index (χ4v) is 3.37. The molecule has 1 aliphatic rings. The van der Waals surface area contributed by atoms with Crippen LogP contribution in [0.25, 0.3) is 22.3 Å². The van der Waals surface area contributed by atoms with Gasteiger partial charge in [0.2, 0.25) is 0 Å². The summed E-state index contributed by atoms with van der Waals surface area (Å²) < 4.78 is 4.13. The van der Waals surface area contributed by atoms with Gasteiger partial charge < -0.3 is 25.8 Å². The highest BCUT2D eigenvalue weighted by molar-refractivity contribution is 7.79. The van der Waals surface area contributed by atoms with Crippen LogP contribution >= 0.6 is 12.6 Å². The second-order valence-corrected chi connectivity index (χ2v) is 6.14. The number of fused-ring (bicyclic) bond motifs is 1. The van der Waals surface area contributed by atoms with Gasteiger partial charge in [0, 0.05) is 51.1 Å². The topological polar surface area (TPSA) is 137 Å². The molecule has 9 heteroatoms. The molecule has 1 aliphatic heterocycles. The number of aryl methyl sites for hydroxylation is 2. The smallest absolute Gasteiger partial charge is 0.159 e. The van der Waals surface area contributed by atoms with Crippen molar-refractivity contribution in [3.05, 3.63) is 30.2 Å². The van der Waals surface area contributed by atoms with Gasteiger partial charge in [-0.3, -0.25) is 4.68 Å². The molecule has 26 heavy (non-hydrogen) atoms.